The third kappa shape index (κ3) is 4.80. The molecule has 0 nitrogen and oxygen atoms in total. The lowest BCUT2D eigenvalue weighted by atomic mass is 9.84. The topological polar surface area (TPSA) is 0 Å². The molecule has 0 N–H and O–H groups in total. The van der Waals surface area contributed by atoms with E-state index in [2.05, 4.69) is 133 Å². The maximum atomic E-state index is 2.42. The number of hydrogen-bond donors (Lipinski definition) is 0. The van der Waals surface area contributed by atoms with E-state index in [-0.39, 0.29) is 10.8 Å². The van der Waals surface area contributed by atoms with Crippen LogP contribution in [0, 0.1) is 5.41 Å². The molecule has 0 spiro atoms. The van der Waals surface area contributed by atoms with Crippen LogP contribution in [-0.4, -0.2) is 0 Å². The summed E-state index contributed by atoms with van der Waals surface area (Å²) in [5.74, 6) is 0.435. The van der Waals surface area contributed by atoms with Crippen LogP contribution in [0.25, 0.3) is 29.4 Å². The van der Waals surface area contributed by atoms with Gasteiger partial charge in [-0.15, -0.1) is 0 Å². The maximum Gasteiger partial charge on any atom is 0.00736 e. The Balaban J connectivity index is 1.54. The van der Waals surface area contributed by atoms with Gasteiger partial charge in [0.05, 0.1) is 0 Å². The Bertz CT molecular complexity index is 1170. The molecule has 0 fully saturated rings. The zero-order valence-electron chi connectivity index (χ0n) is 20.7. The summed E-state index contributed by atoms with van der Waals surface area (Å²) in [6, 6.07) is 22.7. The van der Waals surface area contributed by atoms with E-state index >= 15 is 0 Å². The maximum absolute atomic E-state index is 2.42. The quantitative estimate of drug-likeness (QED) is 0.370. The van der Waals surface area contributed by atoms with Gasteiger partial charge in [0.1, 0.15) is 0 Å². The standard InChI is InChI=1S/C32H36/c1-22-29-20-25(13-12-23-8-10-24(11-9-23)18-19-31(2,3)4)14-16-27(29)28-17-15-26(21-30(22)28)32(5,6)7/h8-22H,1-7H3/b13-12+,19-18+. The molecule has 0 heterocycles. The van der Waals surface area contributed by atoms with Crippen LogP contribution in [-0.2, 0) is 5.41 Å². The van der Waals surface area contributed by atoms with Crippen molar-refractivity contribution in [3.63, 3.8) is 0 Å². The third-order valence-electron chi connectivity index (χ3n) is 6.40. The Hall–Kier alpha value is -2.86. The molecule has 0 bridgehead atoms. The lowest BCUT2D eigenvalue weighted by Gasteiger charge is -2.20. The van der Waals surface area contributed by atoms with E-state index in [1.165, 1.54) is 44.5 Å². The Morgan fingerprint density at radius 3 is 1.69 bits per heavy atom. The second-order valence-electron chi connectivity index (χ2n) is 11.3. The molecule has 164 valence electrons. The number of allylic oxidation sites excluding steroid dienone is 1. The molecule has 1 aliphatic carbocycles. The van der Waals surface area contributed by atoms with Crippen LogP contribution in [0.3, 0.4) is 0 Å². The molecule has 0 aliphatic heterocycles. The van der Waals surface area contributed by atoms with Gasteiger partial charge >= 0.3 is 0 Å². The van der Waals surface area contributed by atoms with Crippen molar-refractivity contribution in [2.75, 3.05) is 0 Å². The fraction of sp³-hybridized carbons (Fsp3) is 0.312. The first-order valence-corrected chi connectivity index (χ1v) is 11.8. The van der Waals surface area contributed by atoms with Gasteiger partial charge in [0.25, 0.3) is 0 Å². The fourth-order valence-electron chi connectivity index (χ4n) is 4.35. The average Bonchev–Trinajstić information content (AvgIpc) is 3.02. The summed E-state index contributed by atoms with van der Waals surface area (Å²) in [5, 5.41) is 0. The summed E-state index contributed by atoms with van der Waals surface area (Å²) >= 11 is 0. The number of benzene rings is 3. The van der Waals surface area contributed by atoms with Gasteiger partial charge in [0, 0.05) is 5.92 Å². The first-order chi connectivity index (χ1) is 15.0. The Morgan fingerprint density at radius 1 is 0.594 bits per heavy atom. The van der Waals surface area contributed by atoms with Crippen molar-refractivity contribution in [2.24, 2.45) is 5.41 Å². The molecule has 3 aromatic carbocycles. The van der Waals surface area contributed by atoms with Crippen LogP contribution in [0.15, 0.2) is 66.7 Å². The third-order valence-corrected chi connectivity index (χ3v) is 6.40. The highest BCUT2D eigenvalue weighted by Crippen LogP contribution is 2.46. The monoisotopic (exact) mass is 420 g/mol. The second kappa shape index (κ2) is 8.24. The number of fused-ring (bicyclic) bond motifs is 3. The molecule has 1 aliphatic rings. The van der Waals surface area contributed by atoms with E-state index in [1.54, 1.807) is 0 Å². The predicted molar refractivity (Wildman–Crippen MR) is 142 cm³/mol. The summed E-state index contributed by atoms with van der Waals surface area (Å²) in [6.07, 6.45) is 8.91. The van der Waals surface area contributed by atoms with Gasteiger partial charge in [-0.05, 0) is 55.3 Å². The van der Waals surface area contributed by atoms with Crippen LogP contribution in [0.5, 0.6) is 0 Å². The molecule has 0 heteroatoms. The molecule has 1 unspecified atom stereocenters. The number of hydrogen-bond acceptors (Lipinski definition) is 0. The largest absolute Gasteiger partial charge is 0.0785 e. The fourth-order valence-corrected chi connectivity index (χ4v) is 4.35. The van der Waals surface area contributed by atoms with Crippen molar-refractivity contribution < 1.29 is 0 Å². The van der Waals surface area contributed by atoms with Crippen LogP contribution >= 0.6 is 0 Å². The predicted octanol–water partition coefficient (Wildman–Crippen LogP) is 9.35. The second-order valence-corrected chi connectivity index (χ2v) is 11.3. The first kappa shape index (κ1) is 22.3. The molecule has 0 saturated heterocycles. The minimum absolute atomic E-state index is 0.176. The lowest BCUT2D eigenvalue weighted by molar-refractivity contribution is 0.547. The van der Waals surface area contributed by atoms with Gasteiger partial charge in [-0.1, -0.05) is 133 Å². The highest BCUT2D eigenvalue weighted by Gasteiger charge is 2.27. The highest BCUT2D eigenvalue weighted by molar-refractivity contribution is 5.81. The summed E-state index contributed by atoms with van der Waals surface area (Å²) in [7, 11) is 0. The lowest BCUT2D eigenvalue weighted by Crippen LogP contribution is -2.11. The van der Waals surface area contributed by atoms with Gasteiger partial charge in [-0.3, -0.25) is 0 Å². The van der Waals surface area contributed by atoms with E-state index in [1.807, 2.05) is 0 Å². The molecule has 1 atom stereocenters. The molecule has 0 amide bonds. The van der Waals surface area contributed by atoms with Gasteiger partial charge in [0.2, 0.25) is 0 Å². The van der Waals surface area contributed by atoms with Crippen LogP contribution < -0.4 is 0 Å². The Labute approximate surface area is 194 Å². The molecule has 3 aromatic rings. The molecule has 4 rings (SSSR count). The number of rotatable bonds is 3. The van der Waals surface area contributed by atoms with E-state index in [9.17, 15) is 0 Å². The highest BCUT2D eigenvalue weighted by atomic mass is 14.3. The SMILES string of the molecule is CC1c2cc(/C=C/c3ccc(/C=C/C(C)(C)C)cc3)ccc2-c2ccc(C(C)(C)C)cc21. The van der Waals surface area contributed by atoms with Crippen LogP contribution in [0.4, 0.5) is 0 Å². The summed E-state index contributed by atoms with van der Waals surface area (Å²) in [5.41, 5.74) is 11.2. The van der Waals surface area contributed by atoms with Crippen LogP contribution in [0.2, 0.25) is 0 Å². The van der Waals surface area contributed by atoms with Crippen LogP contribution in [0.1, 0.15) is 87.8 Å². The Kier molecular flexibility index (Phi) is 5.76. The van der Waals surface area contributed by atoms with E-state index in [4.69, 9.17) is 0 Å². The summed E-state index contributed by atoms with van der Waals surface area (Å²) in [4.78, 5) is 0. The molecule has 0 saturated carbocycles. The molecular formula is C32H36. The molecular weight excluding hydrogens is 384 g/mol. The van der Waals surface area contributed by atoms with Crippen molar-refractivity contribution in [3.05, 3.63) is 100 Å². The van der Waals surface area contributed by atoms with E-state index in [0.29, 0.717) is 5.92 Å². The smallest absolute Gasteiger partial charge is 0.00736 e. The normalized spacial score (nSPS) is 16.0. The van der Waals surface area contributed by atoms with Gasteiger partial charge < -0.3 is 0 Å². The average molecular weight is 421 g/mol. The molecule has 0 aromatic heterocycles. The summed E-state index contributed by atoms with van der Waals surface area (Å²) in [6.45, 7) is 15.9. The van der Waals surface area contributed by atoms with Gasteiger partial charge in [0.15, 0.2) is 0 Å². The molecule has 0 radical (unpaired) electrons. The van der Waals surface area contributed by atoms with Crippen molar-refractivity contribution in [3.8, 4) is 11.1 Å². The van der Waals surface area contributed by atoms with Crippen molar-refractivity contribution >= 4 is 18.2 Å². The van der Waals surface area contributed by atoms with E-state index in [0.717, 1.165) is 0 Å². The molecule has 32 heavy (non-hydrogen) atoms. The van der Waals surface area contributed by atoms with Gasteiger partial charge in [-0.25, -0.2) is 0 Å². The minimum atomic E-state index is 0.176. The van der Waals surface area contributed by atoms with Gasteiger partial charge in [-0.2, -0.15) is 0 Å². The van der Waals surface area contributed by atoms with E-state index < -0.39 is 0 Å². The zero-order chi connectivity index (χ0) is 23.1. The minimum Gasteiger partial charge on any atom is -0.0785 e. The van der Waals surface area contributed by atoms with Crippen molar-refractivity contribution in [2.45, 2.75) is 59.8 Å². The van der Waals surface area contributed by atoms with Crippen molar-refractivity contribution in [1.29, 1.82) is 0 Å². The first-order valence-electron chi connectivity index (χ1n) is 11.8. The Morgan fingerprint density at radius 2 is 1.09 bits per heavy atom. The zero-order valence-corrected chi connectivity index (χ0v) is 20.7. The van der Waals surface area contributed by atoms with Crippen molar-refractivity contribution in [1.82, 2.24) is 0 Å². The summed E-state index contributed by atoms with van der Waals surface area (Å²) < 4.78 is 0.